The molecule has 4 nitrogen and oxygen atoms in total. The summed E-state index contributed by atoms with van der Waals surface area (Å²) in [4.78, 5) is 29.1. The molecule has 0 saturated carbocycles. The molecule has 0 amide bonds. The number of aromatic nitrogens is 2. The zero-order valence-corrected chi connectivity index (χ0v) is 16.9. The lowest BCUT2D eigenvalue weighted by Crippen LogP contribution is -2.29. The molecule has 0 atom stereocenters. The molecular formula is C19H10ClIN2O2S. The minimum absolute atomic E-state index is 0.0627. The van der Waals surface area contributed by atoms with E-state index in [1.54, 1.807) is 42.5 Å². The number of hydrogen-bond acceptors (Lipinski definition) is 3. The Kier molecular flexibility index (Phi) is 4.42. The third-order valence-corrected chi connectivity index (χ3v) is 5.45. The maximum Gasteiger partial charge on any atom is 0.269 e. The second-order valence-corrected chi connectivity index (χ2v) is 7.75. The van der Waals surface area contributed by atoms with Crippen LogP contribution in [-0.4, -0.2) is 15.5 Å². The smallest absolute Gasteiger partial charge is 0.269 e. The van der Waals surface area contributed by atoms with Crippen LogP contribution in [0, 0.1) is 8.34 Å². The average Bonchev–Trinajstić information content (AvgIpc) is 2.62. The topological polar surface area (TPSA) is 54.9 Å². The highest BCUT2D eigenvalue weighted by molar-refractivity contribution is 14.1. The van der Waals surface area contributed by atoms with E-state index in [-0.39, 0.29) is 4.77 Å². The van der Waals surface area contributed by atoms with E-state index in [1.807, 2.05) is 12.1 Å². The van der Waals surface area contributed by atoms with Crippen LogP contribution in [0.5, 0.6) is 0 Å². The molecule has 128 valence electrons. The van der Waals surface area contributed by atoms with Gasteiger partial charge in [0, 0.05) is 19.5 Å². The fraction of sp³-hybridized carbons (Fsp3) is 0. The molecule has 1 aromatic heterocycles. The standard InChI is InChI=1S/C19H10ClIN2O2S/c20-15-6-2-3-11-12(15)4-1-5-13(11)17(24)23-18(25)14-9-10(21)7-8-16(14)22-19(23)26/h1-9H,(H,22,26). The van der Waals surface area contributed by atoms with Gasteiger partial charge in [0.05, 0.1) is 10.9 Å². The molecule has 0 aliphatic carbocycles. The normalized spacial score (nSPS) is 11.2. The summed E-state index contributed by atoms with van der Waals surface area (Å²) in [5, 5.41) is 2.38. The number of benzene rings is 3. The SMILES string of the molecule is O=C(c1cccc2c(Cl)cccc12)n1c(=S)[nH]c2ccc(I)cc2c1=O. The third kappa shape index (κ3) is 2.78. The second-order valence-electron chi connectivity index (χ2n) is 5.71. The molecule has 1 heterocycles. The molecule has 0 saturated heterocycles. The zero-order valence-electron chi connectivity index (χ0n) is 13.1. The van der Waals surface area contributed by atoms with Gasteiger partial charge in [0.2, 0.25) is 0 Å². The van der Waals surface area contributed by atoms with Crippen molar-refractivity contribution in [3.8, 4) is 0 Å². The Morgan fingerprint density at radius 3 is 2.58 bits per heavy atom. The lowest BCUT2D eigenvalue weighted by Gasteiger charge is -2.10. The largest absolute Gasteiger partial charge is 0.331 e. The number of carbonyl (C=O) groups excluding carboxylic acids is 1. The lowest BCUT2D eigenvalue weighted by molar-refractivity contribution is 0.0955. The van der Waals surface area contributed by atoms with Gasteiger partial charge in [-0.3, -0.25) is 9.59 Å². The van der Waals surface area contributed by atoms with Gasteiger partial charge in [0.1, 0.15) is 0 Å². The van der Waals surface area contributed by atoms with Gasteiger partial charge in [-0.05, 0) is 70.5 Å². The van der Waals surface area contributed by atoms with E-state index >= 15 is 0 Å². The van der Waals surface area contributed by atoms with Gasteiger partial charge in [0.25, 0.3) is 11.5 Å². The lowest BCUT2D eigenvalue weighted by atomic mass is 10.0. The first kappa shape index (κ1) is 17.4. The van der Waals surface area contributed by atoms with Gasteiger partial charge in [-0.1, -0.05) is 35.9 Å². The van der Waals surface area contributed by atoms with Crippen molar-refractivity contribution in [2.45, 2.75) is 0 Å². The Balaban J connectivity index is 2.03. The zero-order chi connectivity index (χ0) is 18.4. The third-order valence-electron chi connectivity index (χ3n) is 4.16. The molecule has 1 N–H and O–H groups in total. The van der Waals surface area contributed by atoms with Crippen molar-refractivity contribution in [3.05, 3.63) is 83.9 Å². The van der Waals surface area contributed by atoms with E-state index in [1.165, 1.54) is 0 Å². The first-order valence-electron chi connectivity index (χ1n) is 7.64. The highest BCUT2D eigenvalue weighted by atomic mass is 127. The summed E-state index contributed by atoms with van der Waals surface area (Å²) in [5.41, 5.74) is 0.535. The fourth-order valence-corrected chi connectivity index (χ4v) is 3.95. The molecule has 0 radical (unpaired) electrons. The van der Waals surface area contributed by atoms with E-state index in [4.69, 9.17) is 23.8 Å². The summed E-state index contributed by atoms with van der Waals surface area (Å²) in [7, 11) is 0. The van der Waals surface area contributed by atoms with E-state index in [0.717, 1.165) is 13.5 Å². The summed E-state index contributed by atoms with van der Waals surface area (Å²) in [6, 6.07) is 15.9. The van der Waals surface area contributed by atoms with Crippen LogP contribution in [0.2, 0.25) is 5.02 Å². The van der Waals surface area contributed by atoms with Crippen LogP contribution in [0.3, 0.4) is 0 Å². The minimum Gasteiger partial charge on any atom is -0.331 e. The fourth-order valence-electron chi connectivity index (χ4n) is 2.95. The monoisotopic (exact) mass is 492 g/mol. The van der Waals surface area contributed by atoms with Crippen molar-refractivity contribution in [2.24, 2.45) is 0 Å². The number of fused-ring (bicyclic) bond motifs is 2. The van der Waals surface area contributed by atoms with Crippen molar-refractivity contribution < 1.29 is 4.79 Å². The van der Waals surface area contributed by atoms with Crippen molar-refractivity contribution >= 4 is 74.0 Å². The summed E-state index contributed by atoms with van der Waals surface area (Å²) in [6.45, 7) is 0. The average molecular weight is 493 g/mol. The maximum absolute atomic E-state index is 13.2. The molecular weight excluding hydrogens is 483 g/mol. The van der Waals surface area contributed by atoms with Crippen molar-refractivity contribution in [3.63, 3.8) is 0 Å². The van der Waals surface area contributed by atoms with Gasteiger partial charge in [-0.2, -0.15) is 0 Å². The predicted molar refractivity (Wildman–Crippen MR) is 115 cm³/mol. The van der Waals surface area contributed by atoms with E-state index in [9.17, 15) is 9.59 Å². The molecule has 0 unspecified atom stereocenters. The Labute approximate surface area is 171 Å². The van der Waals surface area contributed by atoms with Crippen molar-refractivity contribution in [2.75, 3.05) is 0 Å². The number of hydrogen-bond donors (Lipinski definition) is 1. The minimum atomic E-state index is -0.482. The molecule has 0 bridgehead atoms. The van der Waals surface area contributed by atoms with Crippen LogP contribution in [0.4, 0.5) is 0 Å². The van der Waals surface area contributed by atoms with Crippen LogP contribution in [0.25, 0.3) is 21.7 Å². The van der Waals surface area contributed by atoms with E-state index in [0.29, 0.717) is 26.9 Å². The van der Waals surface area contributed by atoms with Gasteiger partial charge >= 0.3 is 0 Å². The van der Waals surface area contributed by atoms with Crippen LogP contribution >= 0.6 is 46.4 Å². The molecule has 7 heteroatoms. The molecule has 3 aromatic carbocycles. The van der Waals surface area contributed by atoms with Crippen LogP contribution in [0.1, 0.15) is 10.4 Å². The summed E-state index contributed by atoms with van der Waals surface area (Å²) in [5.74, 6) is -0.482. The van der Waals surface area contributed by atoms with Crippen LogP contribution < -0.4 is 5.56 Å². The van der Waals surface area contributed by atoms with Gasteiger partial charge < -0.3 is 4.98 Å². The Morgan fingerprint density at radius 2 is 1.77 bits per heavy atom. The predicted octanol–water partition coefficient (Wildman–Crippen LogP) is 5.16. The van der Waals surface area contributed by atoms with Gasteiger partial charge in [0.15, 0.2) is 4.77 Å². The number of aromatic amines is 1. The Hall–Kier alpha value is -2.03. The van der Waals surface area contributed by atoms with E-state index in [2.05, 4.69) is 27.6 Å². The maximum atomic E-state index is 13.2. The first-order chi connectivity index (χ1) is 12.5. The highest BCUT2D eigenvalue weighted by Gasteiger charge is 2.17. The highest BCUT2D eigenvalue weighted by Crippen LogP contribution is 2.26. The molecule has 0 aliphatic rings. The number of nitrogens with zero attached hydrogens (tertiary/aromatic N) is 1. The quantitative estimate of drug-likeness (QED) is 0.295. The Morgan fingerprint density at radius 1 is 1.04 bits per heavy atom. The molecule has 0 spiro atoms. The Bertz CT molecular complexity index is 1330. The molecule has 26 heavy (non-hydrogen) atoms. The molecule has 4 aromatic rings. The summed E-state index contributed by atoms with van der Waals surface area (Å²) >= 11 is 13.6. The number of rotatable bonds is 1. The molecule has 0 fully saturated rings. The van der Waals surface area contributed by atoms with Crippen LogP contribution in [0.15, 0.2) is 59.4 Å². The second kappa shape index (κ2) is 6.61. The molecule has 4 rings (SSSR count). The number of halogens is 2. The number of nitrogens with one attached hydrogen (secondary N) is 1. The summed E-state index contributed by atoms with van der Waals surface area (Å²) in [6.07, 6.45) is 0. The van der Waals surface area contributed by atoms with E-state index < -0.39 is 11.5 Å². The van der Waals surface area contributed by atoms with Gasteiger partial charge in [-0.25, -0.2) is 4.57 Å². The molecule has 0 aliphatic heterocycles. The number of carbonyl (C=O) groups is 1. The van der Waals surface area contributed by atoms with Gasteiger partial charge in [-0.15, -0.1) is 0 Å². The first-order valence-corrected chi connectivity index (χ1v) is 9.50. The van der Waals surface area contributed by atoms with Crippen LogP contribution in [-0.2, 0) is 0 Å². The number of H-pyrrole nitrogens is 1. The van der Waals surface area contributed by atoms with Crippen molar-refractivity contribution in [1.82, 2.24) is 9.55 Å². The summed E-state index contributed by atoms with van der Waals surface area (Å²) < 4.78 is 1.96. The van der Waals surface area contributed by atoms with Crippen molar-refractivity contribution in [1.29, 1.82) is 0 Å².